The quantitative estimate of drug-likeness (QED) is 0.0959. The van der Waals surface area contributed by atoms with Gasteiger partial charge in [-0.1, -0.05) is 83.3 Å². The van der Waals surface area contributed by atoms with Crippen molar-refractivity contribution in [3.8, 4) is 40.1 Å². The minimum absolute atomic E-state index is 0.00128. The van der Waals surface area contributed by atoms with E-state index in [1.165, 1.54) is 24.2 Å². The van der Waals surface area contributed by atoms with Crippen LogP contribution >= 0.6 is 34.8 Å². The van der Waals surface area contributed by atoms with Gasteiger partial charge in [0.05, 0.1) is 22.2 Å². The molecule has 4 N–H and O–H groups in total. The van der Waals surface area contributed by atoms with Crippen LogP contribution in [0.3, 0.4) is 0 Å². The second-order valence-electron chi connectivity index (χ2n) is 12.5. The van der Waals surface area contributed by atoms with E-state index in [1.807, 2.05) is 42.5 Å². The molecule has 0 aliphatic carbocycles. The summed E-state index contributed by atoms with van der Waals surface area (Å²) in [6, 6.07) is 23.2. The molecule has 0 spiro atoms. The smallest absolute Gasteiger partial charge is 0.326 e. The number of aliphatic hydroxyl groups is 1. The number of benzene rings is 3. The normalized spacial score (nSPS) is 13.5. The van der Waals surface area contributed by atoms with E-state index in [9.17, 15) is 20.3 Å². The SMILES string of the molecule is C[C@](CO)(NCc1cc(Cl)c(OCc2cccc(-c3cccc(-c4ccc5c(c4)CNCC5)c3Cl)c2Cl)nc1OCc1cncc(C#N)c1)C(=O)O. The highest BCUT2D eigenvalue weighted by atomic mass is 35.5. The molecule has 2 aromatic heterocycles. The average molecular weight is 759 g/mol. The maximum atomic E-state index is 11.8. The number of hydrogen-bond donors (Lipinski definition) is 4. The van der Waals surface area contributed by atoms with Gasteiger partial charge in [0.1, 0.15) is 29.8 Å². The number of aliphatic hydroxyl groups excluding tert-OH is 1. The number of aromatic nitrogens is 2. The molecule has 0 amide bonds. The summed E-state index contributed by atoms with van der Waals surface area (Å²) in [4.78, 5) is 20.4. The van der Waals surface area contributed by atoms with Crippen LogP contribution in [0.2, 0.25) is 15.1 Å². The van der Waals surface area contributed by atoms with Crippen LogP contribution < -0.4 is 20.1 Å². The summed E-state index contributed by atoms with van der Waals surface area (Å²) in [6.45, 7) is 2.43. The molecule has 0 unspecified atom stereocenters. The first-order valence-electron chi connectivity index (χ1n) is 16.4. The Kier molecular flexibility index (Phi) is 11.6. The van der Waals surface area contributed by atoms with Crippen LogP contribution in [-0.2, 0) is 37.5 Å². The summed E-state index contributed by atoms with van der Waals surface area (Å²) >= 11 is 20.7. The van der Waals surface area contributed by atoms with Crippen LogP contribution in [0, 0.1) is 11.3 Å². The van der Waals surface area contributed by atoms with Crippen LogP contribution in [0.5, 0.6) is 11.8 Å². The van der Waals surface area contributed by atoms with Crippen molar-refractivity contribution in [3.05, 3.63) is 128 Å². The van der Waals surface area contributed by atoms with E-state index >= 15 is 0 Å². The highest BCUT2D eigenvalue weighted by Gasteiger charge is 2.32. The Hall–Kier alpha value is -4.73. The third kappa shape index (κ3) is 8.16. The number of nitriles is 1. The zero-order valence-corrected chi connectivity index (χ0v) is 30.3. The molecular weight excluding hydrogens is 725 g/mol. The second kappa shape index (κ2) is 16.3. The molecule has 52 heavy (non-hydrogen) atoms. The number of carboxylic acid groups (broad SMARTS) is 1. The predicted molar refractivity (Wildman–Crippen MR) is 200 cm³/mol. The van der Waals surface area contributed by atoms with Gasteiger partial charge in [-0.25, -0.2) is 0 Å². The molecule has 5 aromatic rings. The van der Waals surface area contributed by atoms with E-state index in [1.54, 1.807) is 18.3 Å². The number of carboxylic acids is 1. The monoisotopic (exact) mass is 757 g/mol. The zero-order valence-electron chi connectivity index (χ0n) is 28.1. The molecule has 10 nitrogen and oxygen atoms in total. The Morgan fingerprint density at radius 3 is 2.46 bits per heavy atom. The number of ether oxygens (including phenoxy) is 2. The largest absolute Gasteiger partial charge is 0.480 e. The molecule has 3 aromatic carbocycles. The Balaban J connectivity index is 1.26. The van der Waals surface area contributed by atoms with E-state index < -0.39 is 18.1 Å². The molecule has 0 radical (unpaired) electrons. The number of nitrogens with one attached hydrogen (secondary N) is 2. The highest BCUT2D eigenvalue weighted by molar-refractivity contribution is 6.38. The number of rotatable bonds is 13. The first-order chi connectivity index (χ1) is 25.1. The van der Waals surface area contributed by atoms with Crippen molar-refractivity contribution in [1.82, 2.24) is 20.6 Å². The van der Waals surface area contributed by atoms with Gasteiger partial charge in [-0.15, -0.1) is 0 Å². The van der Waals surface area contributed by atoms with Gasteiger partial charge in [-0.2, -0.15) is 10.2 Å². The summed E-state index contributed by atoms with van der Waals surface area (Å²) in [5.41, 5.74) is 6.45. The number of pyridine rings is 2. The van der Waals surface area contributed by atoms with Gasteiger partial charge in [0.15, 0.2) is 0 Å². The summed E-state index contributed by atoms with van der Waals surface area (Å²) in [5.74, 6) is -1.09. The minimum atomic E-state index is -1.63. The lowest BCUT2D eigenvalue weighted by atomic mass is 9.93. The van der Waals surface area contributed by atoms with Gasteiger partial charge in [-0.3, -0.25) is 15.1 Å². The fourth-order valence-corrected chi connectivity index (χ4v) is 6.62. The maximum Gasteiger partial charge on any atom is 0.326 e. The molecule has 1 atom stereocenters. The molecule has 0 fully saturated rings. The van der Waals surface area contributed by atoms with Crippen LogP contribution in [-0.4, -0.2) is 44.8 Å². The summed E-state index contributed by atoms with van der Waals surface area (Å²) in [7, 11) is 0. The number of fused-ring (bicyclic) bond motifs is 1. The second-order valence-corrected chi connectivity index (χ2v) is 13.7. The molecule has 1 aliphatic rings. The fourth-order valence-electron chi connectivity index (χ4n) is 5.77. The Labute approximate surface area is 315 Å². The average Bonchev–Trinajstić information content (AvgIpc) is 3.16. The topological polar surface area (TPSA) is 150 Å². The van der Waals surface area contributed by atoms with Crippen molar-refractivity contribution >= 4 is 40.8 Å². The lowest BCUT2D eigenvalue weighted by molar-refractivity contribution is -0.145. The molecule has 0 saturated carbocycles. The van der Waals surface area contributed by atoms with Gasteiger partial charge in [0.25, 0.3) is 0 Å². The number of carbonyl (C=O) groups is 1. The van der Waals surface area contributed by atoms with Crippen LogP contribution in [0.15, 0.2) is 79.1 Å². The fraction of sp³-hybridized carbons (Fsp3) is 0.231. The molecule has 6 rings (SSSR count). The minimum Gasteiger partial charge on any atom is -0.480 e. The van der Waals surface area contributed by atoms with Crippen molar-refractivity contribution in [2.45, 2.75) is 45.2 Å². The first kappa shape index (κ1) is 37.0. The standard InChI is InChI=1S/C39H34Cl3N5O5/c1-39(22-48,38(49)50)46-19-29-14-33(40)37(47-36(29)51-20-24-12-23(15-43)16-45-17-24)52-21-27-4-2-6-31(34(27)41)32-7-3-5-30(35(32)42)26-9-8-25-10-11-44-18-28(25)13-26/h2-9,12-14,16-17,44,46,48H,10-11,18-22H2,1H3,(H,49,50)/t39-/m1/s1. The number of nitrogens with zero attached hydrogens (tertiary/aromatic N) is 3. The Morgan fingerprint density at radius 2 is 1.69 bits per heavy atom. The van der Waals surface area contributed by atoms with E-state index in [0.29, 0.717) is 32.3 Å². The lowest BCUT2D eigenvalue weighted by Crippen LogP contribution is -2.52. The van der Waals surface area contributed by atoms with Gasteiger partial charge in [-0.05, 0) is 54.8 Å². The van der Waals surface area contributed by atoms with Crippen molar-refractivity contribution in [2.75, 3.05) is 13.2 Å². The summed E-state index contributed by atoms with van der Waals surface area (Å²) < 4.78 is 12.1. The van der Waals surface area contributed by atoms with Crippen molar-refractivity contribution in [1.29, 1.82) is 5.26 Å². The zero-order chi connectivity index (χ0) is 36.8. The van der Waals surface area contributed by atoms with Gasteiger partial charge < -0.3 is 25.0 Å². The molecule has 1 aliphatic heterocycles. The maximum absolute atomic E-state index is 11.8. The molecule has 266 valence electrons. The van der Waals surface area contributed by atoms with Crippen molar-refractivity contribution in [2.24, 2.45) is 0 Å². The molecular formula is C39H34Cl3N5O5. The first-order valence-corrected chi connectivity index (χ1v) is 17.5. The van der Waals surface area contributed by atoms with E-state index in [4.69, 9.17) is 44.3 Å². The Morgan fingerprint density at radius 1 is 0.942 bits per heavy atom. The number of hydrogen-bond acceptors (Lipinski definition) is 9. The van der Waals surface area contributed by atoms with Crippen LogP contribution in [0.25, 0.3) is 22.3 Å². The molecule has 3 heterocycles. The van der Waals surface area contributed by atoms with Gasteiger partial charge in [0, 0.05) is 58.9 Å². The summed E-state index contributed by atoms with van der Waals surface area (Å²) in [5, 5.41) is 36.0. The molecule has 13 heteroatoms. The van der Waals surface area contributed by atoms with E-state index in [0.717, 1.165) is 41.8 Å². The molecule has 0 saturated heterocycles. The number of halogens is 3. The van der Waals surface area contributed by atoms with Gasteiger partial charge >= 0.3 is 5.97 Å². The Bertz CT molecular complexity index is 2180. The van der Waals surface area contributed by atoms with Gasteiger partial charge in [0.2, 0.25) is 11.8 Å². The summed E-state index contributed by atoms with van der Waals surface area (Å²) in [6.07, 6.45) is 3.99. The predicted octanol–water partition coefficient (Wildman–Crippen LogP) is 7.37. The number of aliphatic carboxylic acids is 1. The van der Waals surface area contributed by atoms with Crippen LogP contribution in [0.1, 0.15) is 40.3 Å². The third-order valence-electron chi connectivity index (χ3n) is 8.88. The van der Waals surface area contributed by atoms with Crippen LogP contribution in [0.4, 0.5) is 0 Å². The van der Waals surface area contributed by atoms with E-state index in [2.05, 4.69) is 38.8 Å². The van der Waals surface area contributed by atoms with E-state index in [-0.39, 0.29) is 36.5 Å². The van der Waals surface area contributed by atoms with Crippen molar-refractivity contribution in [3.63, 3.8) is 0 Å². The highest BCUT2D eigenvalue weighted by Crippen LogP contribution is 2.41. The lowest BCUT2D eigenvalue weighted by Gasteiger charge is -2.24. The third-order valence-corrected chi connectivity index (χ3v) is 10.00. The van der Waals surface area contributed by atoms with Crippen molar-refractivity contribution < 1.29 is 24.5 Å². The molecule has 0 bridgehead atoms.